The predicted octanol–water partition coefficient (Wildman–Crippen LogP) is -0.480. The first-order valence-electron chi connectivity index (χ1n) is 3.35. The first-order valence-corrected chi connectivity index (χ1v) is 3.35. The van der Waals surface area contributed by atoms with Crippen molar-refractivity contribution >= 4 is 18.3 Å². The molecule has 0 spiro atoms. The van der Waals surface area contributed by atoms with Crippen LogP contribution >= 0.6 is 12.4 Å². The van der Waals surface area contributed by atoms with Gasteiger partial charge in [-0.25, -0.2) is 0 Å². The summed E-state index contributed by atoms with van der Waals surface area (Å²) < 4.78 is 4.84. The van der Waals surface area contributed by atoms with E-state index >= 15 is 0 Å². The summed E-state index contributed by atoms with van der Waals surface area (Å²) in [4.78, 5) is 10.7. The molecule has 1 amide bonds. The second-order valence-electron chi connectivity index (χ2n) is 1.78. The Kier molecular flexibility index (Phi) is 11.7. The number of carbonyl (C=O) groups is 1. The Balaban J connectivity index is 0. The van der Waals surface area contributed by atoms with Gasteiger partial charge in [-0.05, 0) is 6.92 Å². The van der Waals surface area contributed by atoms with Gasteiger partial charge >= 0.3 is 0 Å². The summed E-state index contributed by atoms with van der Waals surface area (Å²) in [6, 6.07) is 0. The fraction of sp³-hybridized carbons (Fsp3) is 0.833. The Bertz CT molecular complexity index is 90.6. The van der Waals surface area contributed by atoms with E-state index in [0.717, 1.165) is 0 Å². The van der Waals surface area contributed by atoms with E-state index in [-0.39, 0.29) is 24.9 Å². The molecule has 0 aromatic carbocycles. The summed E-state index contributed by atoms with van der Waals surface area (Å²) in [7, 11) is 0. The van der Waals surface area contributed by atoms with E-state index in [1.807, 2.05) is 6.92 Å². The van der Waals surface area contributed by atoms with Crippen LogP contribution < -0.4 is 11.1 Å². The van der Waals surface area contributed by atoms with E-state index in [1.165, 1.54) is 0 Å². The second kappa shape index (κ2) is 9.68. The first kappa shape index (κ1) is 13.3. The summed E-state index contributed by atoms with van der Waals surface area (Å²) in [6.07, 6.45) is 0. The van der Waals surface area contributed by atoms with Gasteiger partial charge in [0.25, 0.3) is 0 Å². The number of amides is 1. The molecule has 3 N–H and O–H groups in total. The molecule has 0 fully saturated rings. The van der Waals surface area contributed by atoms with E-state index < -0.39 is 0 Å². The number of carbonyl (C=O) groups excluding carboxylic acids is 1. The maximum Gasteiger partial charge on any atom is 0.246 e. The van der Waals surface area contributed by atoms with Gasteiger partial charge in [-0.2, -0.15) is 0 Å². The predicted molar refractivity (Wildman–Crippen MR) is 45.8 cm³/mol. The zero-order chi connectivity index (χ0) is 7.82. The number of ether oxygens (including phenoxy) is 1. The molecule has 0 saturated heterocycles. The van der Waals surface area contributed by atoms with E-state index in [0.29, 0.717) is 19.7 Å². The lowest BCUT2D eigenvalue weighted by Crippen LogP contribution is -2.31. The molecular weight excluding hydrogens is 168 g/mol. The number of hydrogen-bond donors (Lipinski definition) is 2. The molecular formula is C6H15ClN2O2. The van der Waals surface area contributed by atoms with Crippen molar-refractivity contribution < 1.29 is 9.53 Å². The van der Waals surface area contributed by atoms with Crippen LogP contribution in [-0.4, -0.2) is 32.2 Å². The Morgan fingerprint density at radius 2 is 2.27 bits per heavy atom. The number of halogens is 1. The molecule has 0 aromatic rings. The van der Waals surface area contributed by atoms with Crippen LogP contribution in [0, 0.1) is 0 Å². The summed E-state index contributed by atoms with van der Waals surface area (Å²) in [6.45, 7) is 3.53. The van der Waals surface area contributed by atoms with Crippen molar-refractivity contribution in [2.75, 3.05) is 26.3 Å². The van der Waals surface area contributed by atoms with Crippen LogP contribution in [0.5, 0.6) is 0 Å². The van der Waals surface area contributed by atoms with Crippen LogP contribution in [0.15, 0.2) is 0 Å². The highest BCUT2D eigenvalue weighted by Gasteiger charge is 1.96. The van der Waals surface area contributed by atoms with Crippen molar-refractivity contribution in [3.63, 3.8) is 0 Å². The normalized spacial score (nSPS) is 8.55. The summed E-state index contributed by atoms with van der Waals surface area (Å²) >= 11 is 0. The molecule has 0 bridgehead atoms. The number of rotatable bonds is 5. The fourth-order valence-electron chi connectivity index (χ4n) is 0.457. The van der Waals surface area contributed by atoms with Gasteiger partial charge in [0.15, 0.2) is 0 Å². The molecule has 0 aromatic heterocycles. The van der Waals surface area contributed by atoms with E-state index in [1.54, 1.807) is 0 Å². The molecule has 4 nitrogen and oxygen atoms in total. The van der Waals surface area contributed by atoms with Gasteiger partial charge in [-0.15, -0.1) is 12.4 Å². The third-order valence-corrected chi connectivity index (χ3v) is 0.904. The highest BCUT2D eigenvalue weighted by molar-refractivity contribution is 5.85. The third-order valence-electron chi connectivity index (χ3n) is 0.904. The lowest BCUT2D eigenvalue weighted by atomic mass is 10.6. The maximum atomic E-state index is 10.7. The molecule has 0 aliphatic carbocycles. The largest absolute Gasteiger partial charge is 0.372 e. The van der Waals surface area contributed by atoms with Gasteiger partial charge in [0, 0.05) is 19.7 Å². The van der Waals surface area contributed by atoms with E-state index in [4.69, 9.17) is 10.5 Å². The zero-order valence-electron chi connectivity index (χ0n) is 6.63. The molecule has 0 rings (SSSR count). The lowest BCUT2D eigenvalue weighted by molar-refractivity contribution is -0.125. The van der Waals surface area contributed by atoms with Crippen LogP contribution in [0.3, 0.4) is 0 Å². The van der Waals surface area contributed by atoms with Crippen molar-refractivity contribution in [2.24, 2.45) is 5.73 Å². The van der Waals surface area contributed by atoms with Gasteiger partial charge in [-0.1, -0.05) is 0 Å². The van der Waals surface area contributed by atoms with Gasteiger partial charge in [0.05, 0.1) is 0 Å². The summed E-state index contributed by atoms with van der Waals surface area (Å²) in [5.41, 5.74) is 5.15. The first-order chi connectivity index (χ1) is 4.81. The van der Waals surface area contributed by atoms with Crippen molar-refractivity contribution in [3.8, 4) is 0 Å². The Morgan fingerprint density at radius 3 is 2.73 bits per heavy atom. The third kappa shape index (κ3) is 9.68. The van der Waals surface area contributed by atoms with E-state index in [9.17, 15) is 4.79 Å². The standard InChI is InChI=1S/C6H14N2O2.ClH/c1-2-10-5-6(9)8-4-3-7;/h2-5,7H2,1H3,(H,8,9);1H. The van der Waals surface area contributed by atoms with Crippen LogP contribution in [0.1, 0.15) is 6.92 Å². The average Bonchev–Trinajstić information content (AvgIpc) is 1.97. The van der Waals surface area contributed by atoms with Crippen molar-refractivity contribution in [1.29, 1.82) is 0 Å². The van der Waals surface area contributed by atoms with Gasteiger partial charge in [0.1, 0.15) is 6.61 Å². The van der Waals surface area contributed by atoms with Gasteiger partial charge < -0.3 is 15.8 Å². The van der Waals surface area contributed by atoms with Crippen molar-refractivity contribution in [3.05, 3.63) is 0 Å². The SMILES string of the molecule is CCOCC(=O)NCCN.Cl. The van der Waals surface area contributed by atoms with Gasteiger partial charge in [0.2, 0.25) is 5.91 Å². The van der Waals surface area contributed by atoms with Crippen LogP contribution in [-0.2, 0) is 9.53 Å². The topological polar surface area (TPSA) is 64.3 Å². The molecule has 0 radical (unpaired) electrons. The molecule has 0 aliphatic heterocycles. The van der Waals surface area contributed by atoms with E-state index in [2.05, 4.69) is 5.32 Å². The minimum Gasteiger partial charge on any atom is -0.372 e. The Hall–Kier alpha value is -0.320. The molecule has 0 atom stereocenters. The second-order valence-corrected chi connectivity index (χ2v) is 1.78. The monoisotopic (exact) mass is 182 g/mol. The van der Waals surface area contributed by atoms with Crippen molar-refractivity contribution in [2.45, 2.75) is 6.92 Å². The zero-order valence-corrected chi connectivity index (χ0v) is 7.45. The molecule has 0 heterocycles. The highest BCUT2D eigenvalue weighted by Crippen LogP contribution is 1.71. The number of hydrogen-bond acceptors (Lipinski definition) is 3. The van der Waals surface area contributed by atoms with Crippen LogP contribution in [0.25, 0.3) is 0 Å². The molecule has 0 aliphatic rings. The lowest BCUT2D eigenvalue weighted by Gasteiger charge is -2.01. The fourth-order valence-corrected chi connectivity index (χ4v) is 0.457. The summed E-state index contributed by atoms with van der Waals surface area (Å²) in [5, 5.41) is 2.58. The molecule has 68 valence electrons. The summed E-state index contributed by atoms with van der Waals surface area (Å²) in [5.74, 6) is -0.104. The van der Waals surface area contributed by atoms with Crippen LogP contribution in [0.2, 0.25) is 0 Å². The molecule has 5 heteroatoms. The molecule has 0 unspecified atom stereocenters. The van der Waals surface area contributed by atoms with Crippen molar-refractivity contribution in [1.82, 2.24) is 5.32 Å². The highest BCUT2D eigenvalue weighted by atomic mass is 35.5. The number of nitrogens with two attached hydrogens (primary N) is 1. The quantitative estimate of drug-likeness (QED) is 0.604. The minimum absolute atomic E-state index is 0. The van der Waals surface area contributed by atoms with Gasteiger partial charge in [-0.3, -0.25) is 4.79 Å². The van der Waals surface area contributed by atoms with Crippen LogP contribution in [0.4, 0.5) is 0 Å². The molecule has 11 heavy (non-hydrogen) atoms. The maximum absolute atomic E-state index is 10.7. The smallest absolute Gasteiger partial charge is 0.246 e. The molecule has 0 saturated carbocycles. The average molecular weight is 183 g/mol. The Labute approximate surface area is 72.9 Å². The minimum atomic E-state index is -0.104. The Morgan fingerprint density at radius 1 is 1.64 bits per heavy atom. The number of nitrogens with one attached hydrogen (secondary N) is 1.